The van der Waals surface area contributed by atoms with Gasteiger partial charge in [0.2, 0.25) is 0 Å². The van der Waals surface area contributed by atoms with Crippen molar-refractivity contribution < 1.29 is 32.7 Å². The van der Waals surface area contributed by atoms with Gasteiger partial charge in [-0.1, -0.05) is 0 Å². The minimum absolute atomic E-state index is 0.0209. The summed E-state index contributed by atoms with van der Waals surface area (Å²) in [6.07, 6.45) is -0.796. The molecule has 0 saturated carbocycles. The van der Waals surface area contributed by atoms with Crippen molar-refractivity contribution in [3.8, 4) is 0 Å². The maximum Gasteiger partial charge on any atom is 0.408 e. The molecule has 1 atom stereocenters. The second-order valence-corrected chi connectivity index (χ2v) is 9.62. The first-order valence-corrected chi connectivity index (χ1v) is 9.37. The molecule has 0 aromatic rings. The van der Waals surface area contributed by atoms with E-state index >= 15 is 0 Å². The first-order chi connectivity index (χ1) is 10.7. The van der Waals surface area contributed by atoms with Gasteiger partial charge in [0.25, 0.3) is 0 Å². The standard InChI is InChI=1S/C15H30NO7P/c1-14(2,3)22-12(17)11(9-10-24(19,20-7)21-8)16-13(18)23-15(4,5)6/h11H,9-10H2,1-8H3,(H,16,18)/t11-/m0/s1. The number of rotatable bonds is 7. The van der Waals surface area contributed by atoms with Gasteiger partial charge in [-0.2, -0.15) is 0 Å². The van der Waals surface area contributed by atoms with Crippen LogP contribution in [-0.4, -0.2) is 49.7 Å². The quantitative estimate of drug-likeness (QED) is 0.545. The summed E-state index contributed by atoms with van der Waals surface area (Å²) in [7, 11) is -0.794. The van der Waals surface area contributed by atoms with E-state index in [4.69, 9.17) is 18.5 Å². The van der Waals surface area contributed by atoms with Crippen molar-refractivity contribution in [2.24, 2.45) is 0 Å². The Labute approximate surface area is 144 Å². The smallest absolute Gasteiger partial charge is 0.408 e. The molecule has 142 valence electrons. The number of hydrogen-bond donors (Lipinski definition) is 1. The van der Waals surface area contributed by atoms with Crippen molar-refractivity contribution in [2.75, 3.05) is 20.4 Å². The molecule has 1 N–H and O–H groups in total. The van der Waals surface area contributed by atoms with E-state index in [0.29, 0.717) is 0 Å². The molecule has 0 aliphatic heterocycles. The van der Waals surface area contributed by atoms with E-state index in [-0.39, 0.29) is 12.6 Å². The highest BCUT2D eigenvalue weighted by Gasteiger charge is 2.31. The Morgan fingerprint density at radius 2 is 1.42 bits per heavy atom. The first kappa shape index (κ1) is 22.9. The largest absolute Gasteiger partial charge is 0.458 e. The average molecular weight is 367 g/mol. The summed E-state index contributed by atoms with van der Waals surface area (Å²) in [5, 5.41) is 2.45. The maximum absolute atomic E-state index is 12.3. The molecule has 0 saturated heterocycles. The molecule has 0 aliphatic carbocycles. The van der Waals surface area contributed by atoms with Gasteiger partial charge in [-0.05, 0) is 48.0 Å². The topological polar surface area (TPSA) is 100 Å². The third-order valence-corrected chi connectivity index (χ3v) is 4.55. The Kier molecular flexibility index (Phi) is 8.42. The zero-order valence-corrected chi connectivity index (χ0v) is 16.7. The van der Waals surface area contributed by atoms with Crippen LogP contribution < -0.4 is 5.32 Å². The van der Waals surface area contributed by atoms with Crippen molar-refractivity contribution in [2.45, 2.75) is 65.2 Å². The number of ether oxygens (including phenoxy) is 2. The van der Waals surface area contributed by atoms with Gasteiger partial charge in [-0.3, -0.25) is 4.57 Å². The van der Waals surface area contributed by atoms with Crippen LogP contribution in [0.1, 0.15) is 48.0 Å². The third kappa shape index (κ3) is 9.90. The Balaban J connectivity index is 5.05. The number of esters is 1. The van der Waals surface area contributed by atoms with E-state index in [1.54, 1.807) is 41.5 Å². The average Bonchev–Trinajstić information content (AvgIpc) is 2.39. The lowest BCUT2D eigenvalue weighted by Crippen LogP contribution is -2.46. The molecule has 1 amide bonds. The zero-order valence-electron chi connectivity index (χ0n) is 15.8. The molecule has 0 aromatic carbocycles. The first-order valence-electron chi connectivity index (χ1n) is 7.64. The Bertz CT molecular complexity index is 471. The lowest BCUT2D eigenvalue weighted by atomic mass is 10.1. The Morgan fingerprint density at radius 1 is 0.958 bits per heavy atom. The second kappa shape index (κ2) is 8.83. The molecule has 24 heavy (non-hydrogen) atoms. The van der Waals surface area contributed by atoms with Crippen LogP contribution in [0.3, 0.4) is 0 Å². The Morgan fingerprint density at radius 3 is 1.79 bits per heavy atom. The van der Waals surface area contributed by atoms with E-state index in [1.165, 1.54) is 14.2 Å². The summed E-state index contributed by atoms with van der Waals surface area (Å²) in [6.45, 7) is 10.3. The van der Waals surface area contributed by atoms with E-state index in [9.17, 15) is 14.2 Å². The van der Waals surface area contributed by atoms with Gasteiger partial charge >= 0.3 is 19.7 Å². The van der Waals surface area contributed by atoms with Gasteiger partial charge in [0.05, 0.1) is 6.16 Å². The van der Waals surface area contributed by atoms with Crippen LogP contribution in [0, 0.1) is 0 Å². The summed E-state index contributed by atoms with van der Waals surface area (Å²) in [5.74, 6) is -0.646. The summed E-state index contributed by atoms with van der Waals surface area (Å²) < 4.78 is 32.2. The molecule has 0 heterocycles. The predicted octanol–water partition coefficient (Wildman–Crippen LogP) is 3.10. The highest BCUT2D eigenvalue weighted by molar-refractivity contribution is 7.53. The van der Waals surface area contributed by atoms with Crippen LogP contribution in [0.4, 0.5) is 4.79 Å². The zero-order chi connectivity index (χ0) is 19.2. The van der Waals surface area contributed by atoms with E-state index in [2.05, 4.69) is 5.32 Å². The van der Waals surface area contributed by atoms with Crippen LogP contribution in [-0.2, 0) is 27.9 Å². The minimum Gasteiger partial charge on any atom is -0.458 e. The van der Waals surface area contributed by atoms with E-state index in [0.717, 1.165) is 0 Å². The number of hydrogen-bond acceptors (Lipinski definition) is 7. The van der Waals surface area contributed by atoms with E-state index < -0.39 is 36.9 Å². The molecule has 0 radical (unpaired) electrons. The van der Waals surface area contributed by atoms with Gasteiger partial charge < -0.3 is 23.8 Å². The fourth-order valence-corrected chi connectivity index (χ4v) is 2.70. The highest BCUT2D eigenvalue weighted by atomic mass is 31.2. The predicted molar refractivity (Wildman–Crippen MR) is 90.1 cm³/mol. The van der Waals surface area contributed by atoms with Crippen LogP contribution in [0.5, 0.6) is 0 Å². The number of carbonyl (C=O) groups is 2. The molecule has 0 spiro atoms. The van der Waals surface area contributed by atoms with Crippen molar-refractivity contribution in [1.82, 2.24) is 5.32 Å². The molecule has 0 aromatic heterocycles. The Hall–Kier alpha value is -1.11. The summed E-state index contributed by atoms with van der Waals surface area (Å²) >= 11 is 0. The molecular formula is C15H30NO7P. The lowest BCUT2D eigenvalue weighted by molar-refractivity contribution is -0.157. The molecule has 0 fully saturated rings. The van der Waals surface area contributed by atoms with Crippen LogP contribution >= 0.6 is 7.60 Å². The van der Waals surface area contributed by atoms with Gasteiger partial charge in [0.1, 0.15) is 17.2 Å². The molecule has 8 nitrogen and oxygen atoms in total. The van der Waals surface area contributed by atoms with Crippen LogP contribution in [0.25, 0.3) is 0 Å². The number of amides is 1. The van der Waals surface area contributed by atoms with Gasteiger partial charge in [0, 0.05) is 14.2 Å². The molecule has 0 bridgehead atoms. The van der Waals surface area contributed by atoms with Crippen LogP contribution in [0.2, 0.25) is 0 Å². The van der Waals surface area contributed by atoms with Crippen molar-refractivity contribution in [3.05, 3.63) is 0 Å². The van der Waals surface area contributed by atoms with Crippen molar-refractivity contribution in [3.63, 3.8) is 0 Å². The monoisotopic (exact) mass is 367 g/mol. The molecule has 0 rings (SSSR count). The third-order valence-electron chi connectivity index (χ3n) is 2.63. The van der Waals surface area contributed by atoms with Gasteiger partial charge in [-0.25, -0.2) is 9.59 Å². The van der Waals surface area contributed by atoms with Crippen molar-refractivity contribution in [1.29, 1.82) is 0 Å². The SMILES string of the molecule is COP(=O)(CC[C@H](NC(=O)OC(C)(C)C)C(=O)OC(C)(C)C)OC. The molecule has 9 heteroatoms. The van der Waals surface area contributed by atoms with Gasteiger partial charge in [0.15, 0.2) is 0 Å². The lowest BCUT2D eigenvalue weighted by Gasteiger charge is -2.26. The van der Waals surface area contributed by atoms with Crippen LogP contribution in [0.15, 0.2) is 0 Å². The summed E-state index contributed by atoms with van der Waals surface area (Å²) in [5.41, 5.74) is -1.44. The normalized spacial score (nSPS) is 14.0. The molecular weight excluding hydrogens is 337 g/mol. The fourth-order valence-electron chi connectivity index (χ4n) is 1.62. The summed E-state index contributed by atoms with van der Waals surface area (Å²) in [6, 6.07) is -1.03. The highest BCUT2D eigenvalue weighted by Crippen LogP contribution is 2.47. The summed E-state index contributed by atoms with van der Waals surface area (Å²) in [4.78, 5) is 24.2. The van der Waals surface area contributed by atoms with Crippen molar-refractivity contribution >= 4 is 19.7 Å². The second-order valence-electron chi connectivity index (χ2n) is 7.22. The fraction of sp³-hybridized carbons (Fsp3) is 0.867. The maximum atomic E-state index is 12.3. The van der Waals surface area contributed by atoms with Gasteiger partial charge in [-0.15, -0.1) is 0 Å². The van der Waals surface area contributed by atoms with E-state index in [1.807, 2.05) is 0 Å². The molecule has 0 aliphatic rings. The number of nitrogens with one attached hydrogen (secondary N) is 1. The number of carbonyl (C=O) groups excluding carboxylic acids is 2. The number of alkyl carbamates (subject to hydrolysis) is 1. The minimum atomic E-state index is -3.31. The molecule has 0 unspecified atom stereocenters.